The number of aliphatic carboxylic acids is 1. The second kappa shape index (κ2) is 4.51. The molecule has 3 rings (SSSR count). The summed E-state index contributed by atoms with van der Waals surface area (Å²) >= 11 is 0. The van der Waals surface area contributed by atoms with Crippen LogP contribution in [-0.4, -0.2) is 24.1 Å². The van der Waals surface area contributed by atoms with Crippen LogP contribution >= 0.6 is 0 Å². The minimum absolute atomic E-state index is 0.350. The van der Waals surface area contributed by atoms with Crippen LogP contribution in [0.2, 0.25) is 0 Å². The number of carbonyl (C=O) groups excluding carboxylic acids is 2. The van der Waals surface area contributed by atoms with Gasteiger partial charge in [-0.25, -0.2) is 0 Å². The van der Waals surface area contributed by atoms with Gasteiger partial charge in [0.25, 0.3) is 0 Å². The van der Waals surface area contributed by atoms with Gasteiger partial charge in [0.2, 0.25) is 5.91 Å². The fourth-order valence-corrected chi connectivity index (χ4v) is 2.65. The number of ether oxygens (including phenoxy) is 1. The second-order valence-electron chi connectivity index (χ2n) is 4.68. The number of para-hydroxylation sites is 1. The van der Waals surface area contributed by atoms with Crippen LogP contribution in [0.3, 0.4) is 0 Å². The van der Waals surface area contributed by atoms with Gasteiger partial charge in [-0.1, -0.05) is 30.4 Å². The molecule has 2 bridgehead atoms. The molecule has 1 aromatic carbocycles. The molecule has 98 valence electrons. The zero-order chi connectivity index (χ0) is 13.4. The Balaban J connectivity index is 1.79. The summed E-state index contributed by atoms with van der Waals surface area (Å²) in [5, 5.41) is 13.9. The van der Waals surface area contributed by atoms with Crippen molar-refractivity contribution >= 4 is 17.6 Å². The average Bonchev–Trinajstić information content (AvgIpc) is 2.99. The summed E-state index contributed by atoms with van der Waals surface area (Å²) in [7, 11) is 0. The first-order chi connectivity index (χ1) is 9.16. The summed E-state index contributed by atoms with van der Waals surface area (Å²) in [5.74, 6) is -3.25. The summed E-state index contributed by atoms with van der Waals surface area (Å²) in [6, 6.07) is 8.92. The van der Waals surface area contributed by atoms with Crippen molar-refractivity contribution in [1.29, 1.82) is 0 Å². The first kappa shape index (κ1) is 11.9. The summed E-state index contributed by atoms with van der Waals surface area (Å²) < 4.78 is 5.42. The van der Waals surface area contributed by atoms with Gasteiger partial charge in [0.15, 0.2) is 0 Å². The van der Waals surface area contributed by atoms with Crippen LogP contribution in [0.1, 0.15) is 0 Å². The smallest absolute Gasteiger partial charge is 0.231 e. The van der Waals surface area contributed by atoms with Crippen LogP contribution in [0.4, 0.5) is 5.69 Å². The molecule has 2 aliphatic rings. The van der Waals surface area contributed by atoms with Crippen molar-refractivity contribution in [3.63, 3.8) is 0 Å². The minimum Gasteiger partial charge on any atom is -0.550 e. The van der Waals surface area contributed by atoms with E-state index in [-0.39, 0.29) is 5.91 Å². The molecule has 19 heavy (non-hydrogen) atoms. The van der Waals surface area contributed by atoms with Gasteiger partial charge in [-0.3, -0.25) is 4.79 Å². The Bertz CT molecular complexity index is 540. The van der Waals surface area contributed by atoms with Crippen molar-refractivity contribution in [2.24, 2.45) is 11.8 Å². The number of hydrogen-bond acceptors (Lipinski definition) is 4. The molecule has 1 amide bonds. The highest BCUT2D eigenvalue weighted by atomic mass is 16.5. The number of hydrogen-bond donors (Lipinski definition) is 1. The number of carboxylic acids is 1. The van der Waals surface area contributed by atoms with E-state index in [1.165, 1.54) is 0 Å². The standard InChI is InChI=1S/C14H13NO4/c16-13(15-8-4-2-1-3-5-8)11-9-6-7-10(19-9)12(11)14(17)18/h1-7,9-12H,(H,15,16)(H,17,18)/p-1/t9-,10+,11-,12-/m0/s1. The van der Waals surface area contributed by atoms with Gasteiger partial charge in [0.1, 0.15) is 0 Å². The van der Waals surface area contributed by atoms with Crippen LogP contribution in [0.25, 0.3) is 0 Å². The number of fused-ring (bicyclic) bond motifs is 2. The topological polar surface area (TPSA) is 78.5 Å². The molecule has 5 nitrogen and oxygen atoms in total. The van der Waals surface area contributed by atoms with Gasteiger partial charge >= 0.3 is 0 Å². The van der Waals surface area contributed by atoms with E-state index in [1.54, 1.807) is 36.4 Å². The Morgan fingerprint density at radius 1 is 1.05 bits per heavy atom. The van der Waals surface area contributed by atoms with Crippen molar-refractivity contribution < 1.29 is 19.4 Å². The average molecular weight is 258 g/mol. The van der Waals surface area contributed by atoms with Crippen LogP contribution in [0.15, 0.2) is 42.5 Å². The predicted octanol–water partition coefficient (Wildman–Crippen LogP) is -0.0554. The molecule has 0 aromatic heterocycles. The van der Waals surface area contributed by atoms with Gasteiger partial charge < -0.3 is 20.0 Å². The second-order valence-corrected chi connectivity index (χ2v) is 4.68. The molecule has 1 aromatic rings. The van der Waals surface area contributed by atoms with Gasteiger partial charge in [0, 0.05) is 17.6 Å². The molecule has 1 fully saturated rings. The normalized spacial score (nSPS) is 31.4. The molecule has 4 atom stereocenters. The third-order valence-electron chi connectivity index (χ3n) is 3.52. The molecule has 2 aliphatic heterocycles. The molecule has 0 saturated carbocycles. The summed E-state index contributed by atoms with van der Waals surface area (Å²) in [6.07, 6.45) is 2.38. The van der Waals surface area contributed by atoms with E-state index in [2.05, 4.69) is 5.32 Å². The molecule has 0 radical (unpaired) electrons. The van der Waals surface area contributed by atoms with E-state index in [1.807, 2.05) is 6.07 Å². The Labute approximate surface area is 109 Å². The number of amides is 1. The number of carboxylic acid groups (broad SMARTS) is 1. The van der Waals surface area contributed by atoms with Crippen LogP contribution in [0, 0.1) is 11.8 Å². The zero-order valence-electron chi connectivity index (χ0n) is 9.98. The zero-order valence-corrected chi connectivity index (χ0v) is 9.98. The maximum absolute atomic E-state index is 12.2. The number of rotatable bonds is 3. The molecule has 0 aliphatic carbocycles. The third-order valence-corrected chi connectivity index (χ3v) is 3.52. The Morgan fingerprint density at radius 3 is 2.32 bits per heavy atom. The quantitative estimate of drug-likeness (QED) is 0.771. The first-order valence-electron chi connectivity index (χ1n) is 6.07. The van der Waals surface area contributed by atoms with E-state index < -0.39 is 30.0 Å². The van der Waals surface area contributed by atoms with Crippen LogP contribution < -0.4 is 10.4 Å². The van der Waals surface area contributed by atoms with Crippen LogP contribution in [-0.2, 0) is 14.3 Å². The van der Waals surface area contributed by atoms with Crippen molar-refractivity contribution in [2.45, 2.75) is 12.2 Å². The van der Waals surface area contributed by atoms with E-state index in [9.17, 15) is 14.7 Å². The van der Waals surface area contributed by atoms with E-state index in [4.69, 9.17) is 4.74 Å². The molecule has 0 unspecified atom stereocenters. The van der Waals surface area contributed by atoms with E-state index in [0.717, 1.165) is 0 Å². The van der Waals surface area contributed by atoms with Gasteiger partial charge in [0.05, 0.1) is 18.1 Å². The maximum Gasteiger partial charge on any atom is 0.231 e. The largest absolute Gasteiger partial charge is 0.550 e. The number of nitrogens with one attached hydrogen (secondary N) is 1. The minimum atomic E-state index is -1.25. The number of anilines is 1. The predicted molar refractivity (Wildman–Crippen MR) is 64.9 cm³/mol. The molecule has 1 saturated heterocycles. The highest BCUT2D eigenvalue weighted by Gasteiger charge is 2.50. The van der Waals surface area contributed by atoms with Gasteiger partial charge in [-0.15, -0.1) is 0 Å². The highest BCUT2D eigenvalue weighted by molar-refractivity contribution is 5.96. The highest BCUT2D eigenvalue weighted by Crippen LogP contribution is 2.39. The van der Waals surface area contributed by atoms with Gasteiger partial charge in [-0.05, 0) is 12.1 Å². The molecular weight excluding hydrogens is 246 g/mol. The summed E-state index contributed by atoms with van der Waals surface area (Å²) in [4.78, 5) is 23.4. The Hall–Kier alpha value is -2.14. The number of carbonyl (C=O) groups is 2. The van der Waals surface area contributed by atoms with Crippen molar-refractivity contribution in [3.8, 4) is 0 Å². The van der Waals surface area contributed by atoms with Gasteiger partial charge in [-0.2, -0.15) is 0 Å². The summed E-state index contributed by atoms with van der Waals surface area (Å²) in [6.45, 7) is 0. The summed E-state index contributed by atoms with van der Waals surface area (Å²) in [5.41, 5.74) is 0.636. The van der Waals surface area contributed by atoms with E-state index in [0.29, 0.717) is 5.69 Å². The fourth-order valence-electron chi connectivity index (χ4n) is 2.65. The third kappa shape index (κ3) is 2.02. The van der Waals surface area contributed by atoms with Crippen molar-refractivity contribution in [2.75, 3.05) is 5.32 Å². The lowest BCUT2D eigenvalue weighted by atomic mass is 9.82. The monoisotopic (exact) mass is 258 g/mol. The van der Waals surface area contributed by atoms with Crippen LogP contribution in [0.5, 0.6) is 0 Å². The molecule has 2 heterocycles. The molecule has 5 heteroatoms. The van der Waals surface area contributed by atoms with E-state index >= 15 is 0 Å². The Kier molecular flexibility index (Phi) is 2.83. The first-order valence-corrected chi connectivity index (χ1v) is 6.07. The molecule has 1 N–H and O–H groups in total. The molecule has 0 spiro atoms. The SMILES string of the molecule is O=C(Nc1ccccc1)[C@@H]1[C@@H](C(=O)[O-])[C@H]2C=C[C@@H]1O2. The lowest BCUT2D eigenvalue weighted by Gasteiger charge is -2.24. The lowest BCUT2D eigenvalue weighted by Crippen LogP contribution is -2.45. The lowest BCUT2D eigenvalue weighted by molar-refractivity contribution is -0.313. The molecular formula is C14H12NO4-. The number of benzene rings is 1. The maximum atomic E-state index is 12.2. The van der Waals surface area contributed by atoms with Crippen molar-refractivity contribution in [1.82, 2.24) is 0 Å². The van der Waals surface area contributed by atoms with Crippen molar-refractivity contribution in [3.05, 3.63) is 42.5 Å². The Morgan fingerprint density at radius 2 is 1.68 bits per heavy atom. The fraction of sp³-hybridized carbons (Fsp3) is 0.286.